The average molecular weight is 386 g/mol. The van der Waals surface area contributed by atoms with E-state index in [1.807, 2.05) is 20.8 Å². The van der Waals surface area contributed by atoms with Gasteiger partial charge in [0.1, 0.15) is 17.1 Å². The molecule has 0 fully saturated rings. The molecule has 146 valence electrons. The SMILES string of the molecule is CC.Cc1oc2c(c1-c1cnc(NC(=O)c3c(F)cncc3F)cn1)CCC2. The first-order valence-corrected chi connectivity index (χ1v) is 9.08. The van der Waals surface area contributed by atoms with Crippen LogP contribution in [0.5, 0.6) is 0 Å². The molecule has 0 saturated heterocycles. The van der Waals surface area contributed by atoms with Gasteiger partial charge in [0, 0.05) is 17.5 Å². The quantitative estimate of drug-likeness (QED) is 0.718. The van der Waals surface area contributed by atoms with E-state index in [0.29, 0.717) is 5.69 Å². The summed E-state index contributed by atoms with van der Waals surface area (Å²) in [7, 11) is 0. The molecule has 1 aliphatic rings. The zero-order chi connectivity index (χ0) is 20.3. The number of halogens is 2. The molecule has 0 spiro atoms. The predicted octanol–water partition coefficient (Wildman–Crippen LogP) is 4.49. The Morgan fingerprint density at radius 1 is 1.07 bits per heavy atom. The lowest BCUT2D eigenvalue weighted by Crippen LogP contribution is -2.17. The zero-order valence-corrected chi connectivity index (χ0v) is 15.8. The Morgan fingerprint density at radius 3 is 2.43 bits per heavy atom. The van der Waals surface area contributed by atoms with Crippen LogP contribution in [0.3, 0.4) is 0 Å². The molecule has 0 unspecified atom stereocenters. The Balaban J connectivity index is 0.00000109. The van der Waals surface area contributed by atoms with Gasteiger partial charge in [0.15, 0.2) is 17.5 Å². The van der Waals surface area contributed by atoms with Crippen LogP contribution in [0.15, 0.2) is 29.2 Å². The highest BCUT2D eigenvalue weighted by Crippen LogP contribution is 2.36. The van der Waals surface area contributed by atoms with Crippen LogP contribution in [0, 0.1) is 18.6 Å². The van der Waals surface area contributed by atoms with Crippen molar-refractivity contribution in [3.63, 3.8) is 0 Å². The minimum atomic E-state index is -1.04. The van der Waals surface area contributed by atoms with Crippen molar-refractivity contribution < 1.29 is 18.0 Å². The fourth-order valence-corrected chi connectivity index (χ4v) is 3.21. The third-order valence-electron chi connectivity index (χ3n) is 4.33. The lowest BCUT2D eigenvalue weighted by molar-refractivity contribution is 0.101. The first kappa shape index (κ1) is 19.6. The monoisotopic (exact) mass is 386 g/mol. The van der Waals surface area contributed by atoms with E-state index in [9.17, 15) is 13.6 Å². The normalized spacial score (nSPS) is 12.2. The number of nitrogens with zero attached hydrogens (tertiary/aromatic N) is 3. The molecule has 3 aromatic heterocycles. The molecule has 6 nitrogen and oxygen atoms in total. The van der Waals surface area contributed by atoms with Crippen LogP contribution in [0.25, 0.3) is 11.3 Å². The molecule has 1 aliphatic carbocycles. The van der Waals surface area contributed by atoms with Gasteiger partial charge >= 0.3 is 0 Å². The Labute approximate surface area is 161 Å². The third kappa shape index (κ3) is 3.62. The van der Waals surface area contributed by atoms with Gasteiger partial charge < -0.3 is 9.73 Å². The van der Waals surface area contributed by atoms with E-state index in [1.165, 1.54) is 12.4 Å². The van der Waals surface area contributed by atoms with Crippen molar-refractivity contribution in [3.05, 3.63) is 59.1 Å². The number of nitrogens with one attached hydrogen (secondary N) is 1. The third-order valence-corrected chi connectivity index (χ3v) is 4.33. The number of carbonyl (C=O) groups is 1. The van der Waals surface area contributed by atoms with Crippen molar-refractivity contribution in [2.45, 2.75) is 40.0 Å². The van der Waals surface area contributed by atoms with Crippen LogP contribution >= 0.6 is 0 Å². The minimum Gasteiger partial charge on any atom is -0.465 e. The Hall–Kier alpha value is -3.16. The molecule has 8 heteroatoms. The zero-order valence-electron chi connectivity index (χ0n) is 15.8. The molecule has 0 saturated carbocycles. The number of rotatable bonds is 3. The highest BCUT2D eigenvalue weighted by molar-refractivity contribution is 6.04. The summed E-state index contributed by atoms with van der Waals surface area (Å²) >= 11 is 0. The maximum Gasteiger partial charge on any atom is 0.262 e. The van der Waals surface area contributed by atoms with Gasteiger partial charge in [0.05, 0.1) is 30.5 Å². The van der Waals surface area contributed by atoms with Gasteiger partial charge in [0.2, 0.25) is 0 Å². The number of carbonyl (C=O) groups excluding carboxylic acids is 1. The van der Waals surface area contributed by atoms with Gasteiger partial charge in [-0.1, -0.05) is 13.8 Å². The molecule has 1 N–H and O–H groups in total. The number of amides is 1. The Bertz CT molecular complexity index is 980. The molecule has 0 radical (unpaired) electrons. The first-order chi connectivity index (χ1) is 13.5. The summed E-state index contributed by atoms with van der Waals surface area (Å²) in [6.45, 7) is 5.88. The Kier molecular flexibility index (Phi) is 5.77. The number of pyridine rings is 1. The maximum atomic E-state index is 13.6. The summed E-state index contributed by atoms with van der Waals surface area (Å²) in [6.07, 6.45) is 7.29. The molecule has 3 heterocycles. The summed E-state index contributed by atoms with van der Waals surface area (Å²) in [4.78, 5) is 23.9. The molecular weight excluding hydrogens is 366 g/mol. The van der Waals surface area contributed by atoms with Crippen LogP contribution in [0.1, 0.15) is 47.7 Å². The van der Waals surface area contributed by atoms with Crippen LogP contribution in [-0.4, -0.2) is 20.9 Å². The van der Waals surface area contributed by atoms with E-state index >= 15 is 0 Å². The molecule has 0 atom stereocenters. The molecule has 0 bridgehead atoms. The van der Waals surface area contributed by atoms with E-state index < -0.39 is 23.1 Å². The maximum absolute atomic E-state index is 13.6. The minimum absolute atomic E-state index is 0.0900. The van der Waals surface area contributed by atoms with Crippen molar-refractivity contribution in [1.82, 2.24) is 15.0 Å². The summed E-state index contributed by atoms with van der Waals surface area (Å²) < 4.78 is 33.0. The summed E-state index contributed by atoms with van der Waals surface area (Å²) in [5.74, 6) is -1.19. The van der Waals surface area contributed by atoms with Crippen molar-refractivity contribution in [3.8, 4) is 11.3 Å². The number of fused-ring (bicyclic) bond motifs is 1. The number of anilines is 1. The van der Waals surface area contributed by atoms with Gasteiger partial charge in [0.25, 0.3) is 5.91 Å². The van der Waals surface area contributed by atoms with Crippen LogP contribution in [0.2, 0.25) is 0 Å². The highest BCUT2D eigenvalue weighted by atomic mass is 19.1. The van der Waals surface area contributed by atoms with Gasteiger partial charge in [-0.3, -0.25) is 14.8 Å². The van der Waals surface area contributed by atoms with Crippen molar-refractivity contribution in [2.24, 2.45) is 0 Å². The second-order valence-electron chi connectivity index (χ2n) is 6.01. The van der Waals surface area contributed by atoms with Crippen molar-refractivity contribution >= 4 is 11.7 Å². The van der Waals surface area contributed by atoms with E-state index in [1.54, 1.807) is 0 Å². The number of aromatic nitrogens is 3. The summed E-state index contributed by atoms with van der Waals surface area (Å²) in [5.41, 5.74) is 1.99. The summed E-state index contributed by atoms with van der Waals surface area (Å²) in [6, 6.07) is 0. The standard InChI is InChI=1S/C18H14F2N4O2.C2H6/c1-9-16(10-3-2-4-14(10)26-9)13-7-23-15(8-22-13)24-18(25)17-11(19)5-21-6-12(17)20;1-2/h5-8H,2-4H2,1H3,(H,23,24,25);1-2H3. The second-order valence-corrected chi connectivity index (χ2v) is 6.01. The van der Waals surface area contributed by atoms with Gasteiger partial charge in [-0.25, -0.2) is 13.8 Å². The predicted molar refractivity (Wildman–Crippen MR) is 100.0 cm³/mol. The molecule has 3 aromatic rings. The number of hydrogen-bond acceptors (Lipinski definition) is 5. The number of furan rings is 1. The topological polar surface area (TPSA) is 80.9 Å². The number of hydrogen-bond donors (Lipinski definition) is 1. The van der Waals surface area contributed by atoms with E-state index in [-0.39, 0.29) is 5.82 Å². The second kappa shape index (κ2) is 8.24. The fraction of sp³-hybridized carbons (Fsp3) is 0.300. The van der Waals surface area contributed by atoms with Gasteiger partial charge in [-0.05, 0) is 19.8 Å². The molecule has 1 amide bonds. The van der Waals surface area contributed by atoms with Crippen LogP contribution in [-0.2, 0) is 12.8 Å². The van der Waals surface area contributed by atoms with Gasteiger partial charge in [-0.15, -0.1) is 0 Å². The lowest BCUT2D eigenvalue weighted by Gasteiger charge is -2.07. The van der Waals surface area contributed by atoms with Crippen LogP contribution in [0.4, 0.5) is 14.6 Å². The molecule has 4 rings (SSSR count). The molecular formula is C20H20F2N4O2. The number of aryl methyl sites for hydroxylation is 2. The van der Waals surface area contributed by atoms with Gasteiger partial charge in [-0.2, -0.15) is 0 Å². The lowest BCUT2D eigenvalue weighted by atomic mass is 10.1. The molecule has 0 aromatic carbocycles. The molecule has 28 heavy (non-hydrogen) atoms. The highest BCUT2D eigenvalue weighted by Gasteiger charge is 2.24. The smallest absolute Gasteiger partial charge is 0.262 e. The van der Waals surface area contributed by atoms with Crippen molar-refractivity contribution in [1.29, 1.82) is 0 Å². The molecule has 0 aliphatic heterocycles. The fourth-order valence-electron chi connectivity index (χ4n) is 3.21. The van der Waals surface area contributed by atoms with Crippen LogP contribution < -0.4 is 5.32 Å². The first-order valence-electron chi connectivity index (χ1n) is 9.08. The van der Waals surface area contributed by atoms with Crippen molar-refractivity contribution in [2.75, 3.05) is 5.32 Å². The van der Waals surface area contributed by atoms with E-state index in [4.69, 9.17) is 4.42 Å². The summed E-state index contributed by atoms with van der Waals surface area (Å²) in [5, 5.41) is 2.34. The largest absolute Gasteiger partial charge is 0.465 e. The Morgan fingerprint density at radius 2 is 1.79 bits per heavy atom. The average Bonchev–Trinajstić information content (AvgIpc) is 3.24. The van der Waals surface area contributed by atoms with E-state index in [0.717, 1.165) is 54.3 Å². The van der Waals surface area contributed by atoms with E-state index in [2.05, 4.69) is 20.3 Å².